The molecule has 29 heavy (non-hydrogen) atoms. The van der Waals surface area contributed by atoms with Gasteiger partial charge in [-0.05, 0) is 69.2 Å². The number of anilines is 2. The predicted molar refractivity (Wildman–Crippen MR) is 118 cm³/mol. The molecular formula is C21H24ClN3O3S. The number of halogens is 1. The second kappa shape index (κ2) is 8.97. The number of urea groups is 1. The first-order valence-corrected chi connectivity index (χ1v) is 10.7. The number of hydrogen-bond acceptors (Lipinski definition) is 4. The van der Waals surface area contributed by atoms with Crippen LogP contribution in [0.4, 0.5) is 21.0 Å². The summed E-state index contributed by atoms with van der Waals surface area (Å²) in [6.45, 7) is 5.44. The molecule has 0 aromatic heterocycles. The van der Waals surface area contributed by atoms with E-state index in [4.69, 9.17) is 16.3 Å². The largest absolute Gasteiger partial charge is 0.444 e. The second-order valence-electron chi connectivity index (χ2n) is 7.68. The number of carbonyl (C=O) groups excluding carboxylic acids is 2. The minimum atomic E-state index is -0.573. The van der Waals surface area contributed by atoms with Gasteiger partial charge in [0.05, 0.1) is 6.04 Å². The highest BCUT2D eigenvalue weighted by atomic mass is 35.5. The van der Waals surface area contributed by atoms with Crippen LogP contribution in [0.3, 0.4) is 0 Å². The van der Waals surface area contributed by atoms with Crippen molar-refractivity contribution in [3.05, 3.63) is 53.1 Å². The number of thioether (sulfide) groups is 1. The van der Waals surface area contributed by atoms with E-state index in [9.17, 15) is 9.59 Å². The number of ether oxygens (including phenoxy) is 1. The molecule has 6 nitrogen and oxygen atoms in total. The van der Waals surface area contributed by atoms with Gasteiger partial charge in [0, 0.05) is 27.0 Å². The third-order valence-corrected chi connectivity index (χ3v) is 5.44. The van der Waals surface area contributed by atoms with Gasteiger partial charge in [-0.15, -0.1) is 11.8 Å². The van der Waals surface area contributed by atoms with Crippen molar-refractivity contribution in [1.82, 2.24) is 5.32 Å². The van der Waals surface area contributed by atoms with Crippen LogP contribution in [0.25, 0.3) is 0 Å². The molecule has 0 bridgehead atoms. The van der Waals surface area contributed by atoms with Crippen LogP contribution < -0.4 is 16.0 Å². The molecule has 0 saturated carbocycles. The van der Waals surface area contributed by atoms with E-state index in [1.54, 1.807) is 36.0 Å². The Morgan fingerprint density at radius 1 is 1.10 bits per heavy atom. The molecule has 2 aromatic carbocycles. The molecule has 3 N–H and O–H groups in total. The molecule has 3 amide bonds. The molecule has 0 radical (unpaired) electrons. The molecule has 2 aromatic rings. The van der Waals surface area contributed by atoms with Gasteiger partial charge in [-0.25, -0.2) is 9.59 Å². The standard InChI is InChI=1S/C21H24ClN3O3S/c1-21(2,3)28-20(27)24-15-7-8-18-16(12-15)17(9-10-29-18)25-19(26)23-14-6-4-5-13(22)11-14/h4-8,11-12,17H,9-10H2,1-3H3,(H,24,27)(H2,23,25,26)/t17-/m0/s1. The van der Waals surface area contributed by atoms with Crippen molar-refractivity contribution in [2.45, 2.75) is 43.7 Å². The van der Waals surface area contributed by atoms with Gasteiger partial charge >= 0.3 is 12.1 Å². The Kier molecular flexibility index (Phi) is 6.59. The summed E-state index contributed by atoms with van der Waals surface area (Å²) in [4.78, 5) is 25.6. The van der Waals surface area contributed by atoms with Crippen LogP contribution in [0.5, 0.6) is 0 Å². The third kappa shape index (κ3) is 6.30. The summed E-state index contributed by atoms with van der Waals surface area (Å²) in [6.07, 6.45) is 0.278. The minimum absolute atomic E-state index is 0.161. The van der Waals surface area contributed by atoms with Crippen LogP contribution in [0.1, 0.15) is 38.8 Å². The summed E-state index contributed by atoms with van der Waals surface area (Å²) in [7, 11) is 0. The van der Waals surface area contributed by atoms with Gasteiger partial charge in [0.2, 0.25) is 0 Å². The molecule has 8 heteroatoms. The average Bonchev–Trinajstić information content (AvgIpc) is 2.60. The van der Waals surface area contributed by atoms with Crippen LogP contribution in [-0.4, -0.2) is 23.5 Å². The third-order valence-electron chi connectivity index (χ3n) is 4.08. The summed E-state index contributed by atoms with van der Waals surface area (Å²) < 4.78 is 5.31. The summed E-state index contributed by atoms with van der Waals surface area (Å²) in [5.74, 6) is 0.897. The Labute approximate surface area is 179 Å². The molecule has 1 aliphatic heterocycles. The number of hydrogen-bond donors (Lipinski definition) is 3. The molecule has 1 atom stereocenters. The van der Waals surface area contributed by atoms with Crippen LogP contribution in [-0.2, 0) is 4.74 Å². The Bertz CT molecular complexity index is 914. The number of amides is 3. The van der Waals surface area contributed by atoms with Gasteiger partial charge in [0.1, 0.15) is 5.60 Å². The minimum Gasteiger partial charge on any atom is -0.444 e. The Hall–Kier alpha value is -2.38. The predicted octanol–water partition coefficient (Wildman–Crippen LogP) is 6.05. The molecule has 1 heterocycles. The lowest BCUT2D eigenvalue weighted by Gasteiger charge is -2.27. The monoisotopic (exact) mass is 433 g/mol. The van der Waals surface area contributed by atoms with Crippen molar-refractivity contribution >= 4 is 46.9 Å². The number of carbonyl (C=O) groups is 2. The number of benzene rings is 2. The summed E-state index contributed by atoms with van der Waals surface area (Å²) in [6, 6.07) is 12.2. The van der Waals surface area contributed by atoms with Gasteiger partial charge in [0.15, 0.2) is 0 Å². The van der Waals surface area contributed by atoms with E-state index in [-0.39, 0.29) is 12.1 Å². The van der Waals surface area contributed by atoms with Crippen molar-refractivity contribution in [2.24, 2.45) is 0 Å². The Morgan fingerprint density at radius 3 is 2.59 bits per heavy atom. The van der Waals surface area contributed by atoms with E-state index in [2.05, 4.69) is 16.0 Å². The van der Waals surface area contributed by atoms with Crippen molar-refractivity contribution in [3.63, 3.8) is 0 Å². The quantitative estimate of drug-likeness (QED) is 0.550. The Balaban J connectivity index is 1.70. The molecule has 0 unspecified atom stereocenters. The van der Waals surface area contributed by atoms with E-state index in [1.807, 2.05) is 39.0 Å². The van der Waals surface area contributed by atoms with Gasteiger partial charge in [-0.2, -0.15) is 0 Å². The number of nitrogens with one attached hydrogen (secondary N) is 3. The first-order chi connectivity index (χ1) is 13.7. The smallest absolute Gasteiger partial charge is 0.412 e. The van der Waals surface area contributed by atoms with Gasteiger partial charge in [-0.3, -0.25) is 5.32 Å². The van der Waals surface area contributed by atoms with Gasteiger partial charge < -0.3 is 15.4 Å². The van der Waals surface area contributed by atoms with Crippen molar-refractivity contribution in [1.29, 1.82) is 0 Å². The normalized spacial score (nSPS) is 15.8. The fourth-order valence-electron chi connectivity index (χ4n) is 2.94. The van der Waals surface area contributed by atoms with Crippen molar-refractivity contribution in [2.75, 3.05) is 16.4 Å². The zero-order chi connectivity index (χ0) is 21.0. The van der Waals surface area contributed by atoms with Crippen molar-refractivity contribution < 1.29 is 14.3 Å². The van der Waals surface area contributed by atoms with Gasteiger partial charge in [0.25, 0.3) is 0 Å². The van der Waals surface area contributed by atoms with E-state index in [0.29, 0.717) is 16.4 Å². The van der Waals surface area contributed by atoms with E-state index in [0.717, 1.165) is 22.6 Å². The first-order valence-electron chi connectivity index (χ1n) is 9.29. The lowest BCUT2D eigenvalue weighted by atomic mass is 10.0. The van der Waals surface area contributed by atoms with Crippen LogP contribution in [0.15, 0.2) is 47.4 Å². The topological polar surface area (TPSA) is 79.5 Å². The first kappa shape index (κ1) is 21.3. The van der Waals surface area contributed by atoms with Gasteiger partial charge in [-0.1, -0.05) is 17.7 Å². The molecule has 1 aliphatic rings. The zero-order valence-electron chi connectivity index (χ0n) is 16.5. The molecule has 0 fully saturated rings. The molecule has 0 spiro atoms. The Morgan fingerprint density at radius 2 is 1.86 bits per heavy atom. The van der Waals surface area contributed by atoms with E-state index < -0.39 is 11.7 Å². The molecular weight excluding hydrogens is 410 g/mol. The lowest BCUT2D eigenvalue weighted by Crippen LogP contribution is -2.34. The molecule has 3 rings (SSSR count). The number of rotatable bonds is 3. The fourth-order valence-corrected chi connectivity index (χ4v) is 4.23. The SMILES string of the molecule is CC(C)(C)OC(=O)Nc1ccc2c(c1)[C@@H](NC(=O)Nc1cccc(Cl)c1)CCS2. The second-order valence-corrected chi connectivity index (χ2v) is 9.25. The summed E-state index contributed by atoms with van der Waals surface area (Å²) in [5, 5.41) is 9.12. The van der Waals surface area contributed by atoms with Crippen LogP contribution in [0, 0.1) is 0 Å². The lowest BCUT2D eigenvalue weighted by molar-refractivity contribution is 0.0636. The van der Waals surface area contributed by atoms with E-state index in [1.165, 1.54) is 0 Å². The highest BCUT2D eigenvalue weighted by Crippen LogP contribution is 2.37. The molecule has 154 valence electrons. The maximum atomic E-state index is 12.5. The highest BCUT2D eigenvalue weighted by Gasteiger charge is 2.24. The maximum absolute atomic E-state index is 12.5. The maximum Gasteiger partial charge on any atom is 0.412 e. The average molecular weight is 434 g/mol. The zero-order valence-corrected chi connectivity index (χ0v) is 18.1. The number of fused-ring (bicyclic) bond motifs is 1. The summed E-state index contributed by atoms with van der Waals surface area (Å²) in [5.41, 5.74) is 1.65. The van der Waals surface area contributed by atoms with E-state index >= 15 is 0 Å². The fraction of sp³-hybridized carbons (Fsp3) is 0.333. The van der Waals surface area contributed by atoms with Crippen molar-refractivity contribution in [3.8, 4) is 0 Å². The molecule has 0 saturated heterocycles. The molecule has 0 aliphatic carbocycles. The van der Waals surface area contributed by atoms with Crippen LogP contribution in [0.2, 0.25) is 5.02 Å². The summed E-state index contributed by atoms with van der Waals surface area (Å²) >= 11 is 7.70. The highest BCUT2D eigenvalue weighted by molar-refractivity contribution is 7.99. The van der Waals surface area contributed by atoms with Crippen LogP contribution >= 0.6 is 23.4 Å².